The molecule has 5 aromatic heterocycles. The molecule has 0 radical (unpaired) electrons. The van der Waals surface area contributed by atoms with E-state index in [1.54, 1.807) is 0 Å². The molecule has 0 fully saturated rings. The lowest BCUT2D eigenvalue weighted by molar-refractivity contribution is 0.730. The molecule has 1 atom stereocenters. The second-order valence-corrected chi connectivity index (χ2v) is 31.7. The number of para-hydroxylation sites is 5. The van der Waals surface area contributed by atoms with Crippen molar-refractivity contribution in [1.82, 2.24) is 39.5 Å². The van der Waals surface area contributed by atoms with Crippen LogP contribution < -0.4 is 4.90 Å². The fraction of sp³-hybridized carbons (Fsp3) is 0.0541. The molecule has 0 N–H and O–H groups in total. The summed E-state index contributed by atoms with van der Waals surface area (Å²) in [6.07, 6.45) is 14.4. The molecule has 6 heterocycles. The van der Waals surface area contributed by atoms with Crippen LogP contribution in [-0.2, 0) is 6.54 Å². The second kappa shape index (κ2) is 29.1. The van der Waals surface area contributed by atoms with E-state index in [0.29, 0.717) is 35.8 Å². The van der Waals surface area contributed by atoms with Gasteiger partial charge >= 0.3 is 0 Å². The Morgan fingerprint density at radius 1 is 0.333 bits per heavy atom. The Morgan fingerprint density at radius 2 is 0.875 bits per heavy atom. The summed E-state index contributed by atoms with van der Waals surface area (Å²) in [7, 11) is 0. The number of hydrogen-bond donors (Lipinski definition) is 0. The fourth-order valence-electron chi connectivity index (χ4n) is 18.7. The van der Waals surface area contributed by atoms with Crippen LogP contribution >= 0.6 is 0 Å². The number of rotatable bonds is 13. The molecule has 1 aliphatic heterocycles. The van der Waals surface area contributed by atoms with Crippen molar-refractivity contribution in [2.24, 2.45) is 5.92 Å². The largest absolute Gasteiger partial charge is 0.336 e. The number of allylic oxidation sites excluding steroid dienone is 8. The van der Waals surface area contributed by atoms with Crippen LogP contribution in [0.4, 0.5) is 11.4 Å². The van der Waals surface area contributed by atoms with Crippen LogP contribution in [0.5, 0.6) is 0 Å². The summed E-state index contributed by atoms with van der Waals surface area (Å²) < 4.78 is 2.39. The van der Waals surface area contributed by atoms with Gasteiger partial charge in [-0.3, -0.25) is 0 Å². The van der Waals surface area contributed by atoms with Crippen molar-refractivity contribution in [3.8, 4) is 118 Å². The van der Waals surface area contributed by atoms with E-state index < -0.39 is 0 Å². The van der Waals surface area contributed by atoms with E-state index in [0.717, 1.165) is 180 Å². The molecular formula is C111H75N9. The van der Waals surface area contributed by atoms with Gasteiger partial charge in [-0.1, -0.05) is 316 Å². The normalized spacial score (nSPS) is 13.9. The number of pyridine rings is 2. The van der Waals surface area contributed by atoms with Crippen molar-refractivity contribution in [3.63, 3.8) is 0 Å². The molecule has 15 aromatic carbocycles. The quantitative estimate of drug-likeness (QED) is 0.105. The standard InChI is InChI=1S/C111H75N9/c1-69-25-21-30-77(63-69)79-32-23-34-82(65-79)111-117-109(116-110(118-111)81-33-22-31-78(64-81)70-26-5-2-6-27-70)76-55-49-73(50-56-76)105-103-92-41-15-19-47-100(92)119(68-95(103)88-39-13-17-45-96(88)112-105)83-60-57-71(58-61-83)85-43-24-44-89-86-37-11-12-38-87(86)94-66-80(59-62-90(94)102(85)89)99-67-98(72-28-7-3-8-29-72)114-108(115-99)75-53-51-74(52-54-75)106-104-93-42-16-20-48-101(93)120(84-35-9-4-10-36-84)107(104)91-40-14-18-46-97(91)113-106/h2-22,24,26-33,35-67,69H,23,25,34,68H2,1H3. The minimum atomic E-state index is 0.484. The van der Waals surface area contributed by atoms with Gasteiger partial charge in [-0.2, -0.15) is 0 Å². The van der Waals surface area contributed by atoms with Gasteiger partial charge in [-0.25, -0.2) is 34.9 Å². The highest BCUT2D eigenvalue weighted by molar-refractivity contribution is 6.29. The third-order valence-electron chi connectivity index (χ3n) is 24.4. The van der Waals surface area contributed by atoms with Crippen LogP contribution in [-0.4, -0.2) is 39.5 Å². The maximum absolute atomic E-state index is 5.58. The summed E-state index contributed by atoms with van der Waals surface area (Å²) in [5.41, 5.74) is 29.4. The van der Waals surface area contributed by atoms with Crippen LogP contribution in [0, 0.1) is 5.92 Å². The lowest BCUT2D eigenvalue weighted by atomic mass is 9.87. The SMILES string of the molecule is CC1C=C(C2=CCCC(c3nc(-c4ccc(-c5nc6ccccc6c6c5-c5ccccc5N(c5ccc(-c7cccc8c9ccccc9c9cc(-c%10cc(-c%11ccccc%11)nc(-c%11ccc(-c%12nc%13ccccc%13c%13c%12c%12ccccc%12n%13-c%12ccccc%12)cc%11)n%10)ccc9c78)cc5)C6)cc4)nc(-c4cccc(-c5ccccc5)c4)n3)=C2)C=CC1. The molecule has 3 aliphatic rings. The van der Waals surface area contributed by atoms with Gasteiger partial charge in [0.1, 0.15) is 0 Å². The van der Waals surface area contributed by atoms with Crippen molar-refractivity contribution < 1.29 is 0 Å². The predicted octanol–water partition coefficient (Wildman–Crippen LogP) is 28.3. The zero-order chi connectivity index (χ0) is 79.3. The van der Waals surface area contributed by atoms with E-state index in [1.165, 1.54) is 49.2 Å². The molecule has 9 heteroatoms. The number of hydrogen-bond acceptors (Lipinski definition) is 8. The zero-order valence-corrected chi connectivity index (χ0v) is 65.8. The first kappa shape index (κ1) is 70.0. The lowest BCUT2D eigenvalue weighted by Crippen LogP contribution is -2.22. The summed E-state index contributed by atoms with van der Waals surface area (Å²) >= 11 is 0. The van der Waals surface area contributed by atoms with Crippen molar-refractivity contribution in [1.29, 1.82) is 0 Å². The Morgan fingerprint density at radius 3 is 1.63 bits per heavy atom. The predicted molar refractivity (Wildman–Crippen MR) is 496 cm³/mol. The Balaban J connectivity index is 0.586. The molecule has 0 saturated heterocycles. The number of anilines is 2. The summed E-state index contributed by atoms with van der Waals surface area (Å²) in [6.45, 7) is 2.92. The molecule has 0 amide bonds. The van der Waals surface area contributed by atoms with Gasteiger partial charge in [0.25, 0.3) is 0 Å². The molecule has 564 valence electrons. The number of benzene rings is 15. The molecule has 2 aliphatic carbocycles. The number of nitrogens with zero attached hydrogens (tertiary/aromatic N) is 9. The maximum Gasteiger partial charge on any atom is 0.164 e. The molecule has 1 unspecified atom stereocenters. The van der Waals surface area contributed by atoms with E-state index >= 15 is 0 Å². The second-order valence-electron chi connectivity index (χ2n) is 31.7. The van der Waals surface area contributed by atoms with Crippen molar-refractivity contribution in [2.75, 3.05) is 4.90 Å². The molecule has 0 saturated carbocycles. The van der Waals surface area contributed by atoms with E-state index in [4.69, 9.17) is 34.9 Å². The molecule has 23 rings (SSSR count). The Labute approximate surface area is 694 Å². The van der Waals surface area contributed by atoms with Gasteiger partial charge in [-0.15, -0.1) is 0 Å². The highest BCUT2D eigenvalue weighted by Crippen LogP contribution is 2.51. The van der Waals surface area contributed by atoms with Crippen LogP contribution in [0.25, 0.3) is 200 Å². The summed E-state index contributed by atoms with van der Waals surface area (Å²) in [5, 5.41) is 11.6. The van der Waals surface area contributed by atoms with Crippen LogP contribution in [0.3, 0.4) is 0 Å². The molecule has 9 nitrogen and oxygen atoms in total. The van der Waals surface area contributed by atoms with Crippen molar-refractivity contribution in [2.45, 2.75) is 32.7 Å². The zero-order valence-electron chi connectivity index (χ0n) is 65.8. The van der Waals surface area contributed by atoms with E-state index in [2.05, 4.69) is 399 Å². The summed E-state index contributed by atoms with van der Waals surface area (Å²) in [6, 6.07) is 126. The van der Waals surface area contributed by atoms with Gasteiger partial charge in [0.2, 0.25) is 0 Å². The number of fused-ring (bicyclic) bond motifs is 16. The minimum absolute atomic E-state index is 0.484. The van der Waals surface area contributed by atoms with Gasteiger partial charge in [0.15, 0.2) is 23.3 Å². The Hall–Kier alpha value is -15.5. The Bertz CT molecular complexity index is 7700. The first-order chi connectivity index (χ1) is 59.4. The smallest absolute Gasteiger partial charge is 0.164 e. The summed E-state index contributed by atoms with van der Waals surface area (Å²) in [4.78, 5) is 40.3. The molecule has 0 spiro atoms. The minimum Gasteiger partial charge on any atom is -0.336 e. The van der Waals surface area contributed by atoms with E-state index in [9.17, 15) is 0 Å². The van der Waals surface area contributed by atoms with Crippen LogP contribution in [0.1, 0.15) is 37.6 Å². The van der Waals surface area contributed by atoms with Gasteiger partial charge < -0.3 is 9.47 Å². The Kier molecular flexibility index (Phi) is 17.0. The molecule has 0 bridgehead atoms. The molecule has 20 aromatic rings. The van der Waals surface area contributed by atoms with Crippen molar-refractivity contribution in [3.05, 3.63) is 405 Å². The van der Waals surface area contributed by atoms with E-state index in [-0.39, 0.29) is 0 Å². The maximum atomic E-state index is 5.58. The highest BCUT2D eigenvalue weighted by atomic mass is 15.1. The van der Waals surface area contributed by atoms with Gasteiger partial charge in [-0.05, 0) is 175 Å². The third kappa shape index (κ3) is 12.2. The van der Waals surface area contributed by atoms with Gasteiger partial charge in [0, 0.05) is 95.2 Å². The fourth-order valence-corrected chi connectivity index (χ4v) is 18.7. The topological polar surface area (TPSA) is 98.4 Å². The molecule has 120 heavy (non-hydrogen) atoms. The highest BCUT2D eigenvalue weighted by Gasteiger charge is 2.31. The number of aromatic nitrogens is 8. The van der Waals surface area contributed by atoms with Crippen molar-refractivity contribution >= 4 is 92.9 Å². The average molecular weight is 1530 g/mol. The van der Waals surface area contributed by atoms with E-state index in [1.807, 2.05) is 0 Å². The lowest BCUT2D eigenvalue weighted by Gasteiger charge is -2.34. The first-order valence-corrected chi connectivity index (χ1v) is 41.4. The molecular weight excluding hydrogens is 1460 g/mol. The first-order valence-electron chi connectivity index (χ1n) is 41.4. The third-order valence-corrected chi connectivity index (χ3v) is 24.4. The monoisotopic (exact) mass is 1530 g/mol. The van der Waals surface area contributed by atoms with Gasteiger partial charge in [0.05, 0.1) is 44.8 Å². The van der Waals surface area contributed by atoms with Crippen LogP contribution in [0.2, 0.25) is 0 Å². The average Bonchev–Trinajstić information content (AvgIpc) is 1.34. The summed E-state index contributed by atoms with van der Waals surface area (Å²) in [5.74, 6) is 3.09. The van der Waals surface area contributed by atoms with Crippen LogP contribution in [0.15, 0.2) is 393 Å².